The van der Waals surface area contributed by atoms with Crippen molar-refractivity contribution in [2.24, 2.45) is 5.41 Å². The van der Waals surface area contributed by atoms with Crippen molar-refractivity contribution in [2.75, 3.05) is 0 Å². The second-order valence-electron chi connectivity index (χ2n) is 7.20. The van der Waals surface area contributed by atoms with Gasteiger partial charge in [-0.15, -0.1) is 0 Å². The standard InChI is InChI=1S/C19H29N/c1-16-5-7-17(8-6-16)15-20-18-9-13-19(14-10-18)11-3-2-4-12-19/h5-8,18,20H,2-4,9-15H2,1H3. The summed E-state index contributed by atoms with van der Waals surface area (Å²) >= 11 is 0. The molecule has 3 rings (SSSR count). The van der Waals surface area contributed by atoms with Crippen LogP contribution in [-0.2, 0) is 6.54 Å². The van der Waals surface area contributed by atoms with Gasteiger partial charge in [-0.05, 0) is 56.4 Å². The van der Waals surface area contributed by atoms with Crippen molar-refractivity contribution >= 4 is 0 Å². The number of hydrogen-bond acceptors (Lipinski definition) is 1. The summed E-state index contributed by atoms with van der Waals surface area (Å²) in [5, 5.41) is 3.78. The molecular weight excluding hydrogens is 242 g/mol. The van der Waals surface area contributed by atoms with Crippen LogP contribution in [0.4, 0.5) is 0 Å². The lowest BCUT2D eigenvalue weighted by atomic mass is 9.64. The van der Waals surface area contributed by atoms with Gasteiger partial charge in [-0.2, -0.15) is 0 Å². The van der Waals surface area contributed by atoms with Gasteiger partial charge in [-0.25, -0.2) is 0 Å². The van der Waals surface area contributed by atoms with Crippen LogP contribution < -0.4 is 5.32 Å². The van der Waals surface area contributed by atoms with Crippen LogP contribution in [0, 0.1) is 12.3 Å². The van der Waals surface area contributed by atoms with Crippen LogP contribution in [-0.4, -0.2) is 6.04 Å². The Bertz CT molecular complexity index is 404. The number of nitrogens with one attached hydrogen (secondary N) is 1. The monoisotopic (exact) mass is 271 g/mol. The van der Waals surface area contributed by atoms with Crippen molar-refractivity contribution in [3.05, 3.63) is 35.4 Å². The highest BCUT2D eigenvalue weighted by atomic mass is 14.9. The van der Waals surface area contributed by atoms with Crippen LogP contribution >= 0.6 is 0 Å². The normalized spacial score (nSPS) is 23.1. The molecule has 1 heteroatoms. The molecule has 2 aliphatic carbocycles. The molecule has 1 aromatic carbocycles. The van der Waals surface area contributed by atoms with E-state index >= 15 is 0 Å². The van der Waals surface area contributed by atoms with E-state index in [2.05, 4.69) is 36.5 Å². The average Bonchev–Trinajstić information content (AvgIpc) is 2.49. The van der Waals surface area contributed by atoms with Gasteiger partial charge >= 0.3 is 0 Å². The Kier molecular flexibility index (Phi) is 4.45. The average molecular weight is 271 g/mol. The van der Waals surface area contributed by atoms with Crippen LogP contribution in [0.5, 0.6) is 0 Å². The number of benzene rings is 1. The van der Waals surface area contributed by atoms with Crippen molar-refractivity contribution < 1.29 is 0 Å². The molecule has 110 valence electrons. The molecule has 20 heavy (non-hydrogen) atoms. The van der Waals surface area contributed by atoms with Gasteiger partial charge in [0.25, 0.3) is 0 Å². The highest BCUT2D eigenvalue weighted by Gasteiger charge is 2.35. The molecule has 1 N–H and O–H groups in total. The van der Waals surface area contributed by atoms with Gasteiger partial charge in [-0.1, -0.05) is 49.1 Å². The lowest BCUT2D eigenvalue weighted by Gasteiger charge is -2.43. The molecular formula is C19H29N. The summed E-state index contributed by atoms with van der Waals surface area (Å²) in [4.78, 5) is 0. The lowest BCUT2D eigenvalue weighted by molar-refractivity contribution is 0.107. The molecule has 0 aliphatic heterocycles. The first kappa shape index (κ1) is 14.1. The highest BCUT2D eigenvalue weighted by Crippen LogP contribution is 2.47. The topological polar surface area (TPSA) is 12.0 Å². The first-order valence-electron chi connectivity index (χ1n) is 8.55. The third-order valence-corrected chi connectivity index (χ3v) is 5.68. The quantitative estimate of drug-likeness (QED) is 0.817. The zero-order chi connectivity index (χ0) is 13.8. The first-order valence-corrected chi connectivity index (χ1v) is 8.55. The first-order chi connectivity index (χ1) is 9.76. The maximum atomic E-state index is 3.78. The smallest absolute Gasteiger partial charge is 0.0208 e. The molecule has 1 nitrogen and oxygen atoms in total. The minimum absolute atomic E-state index is 0.750. The molecule has 2 fully saturated rings. The van der Waals surface area contributed by atoms with Gasteiger partial charge in [0.2, 0.25) is 0 Å². The van der Waals surface area contributed by atoms with Gasteiger partial charge < -0.3 is 5.32 Å². The fourth-order valence-electron chi connectivity index (χ4n) is 4.20. The van der Waals surface area contributed by atoms with Crippen molar-refractivity contribution in [2.45, 2.75) is 77.3 Å². The third kappa shape index (κ3) is 3.44. The van der Waals surface area contributed by atoms with E-state index in [0.717, 1.165) is 18.0 Å². The molecule has 0 aromatic heterocycles. The molecule has 0 atom stereocenters. The van der Waals surface area contributed by atoms with Crippen molar-refractivity contribution in [1.29, 1.82) is 0 Å². The number of rotatable bonds is 3. The van der Waals surface area contributed by atoms with Gasteiger partial charge in [0.05, 0.1) is 0 Å². The zero-order valence-corrected chi connectivity index (χ0v) is 13.0. The second-order valence-corrected chi connectivity index (χ2v) is 7.20. The maximum absolute atomic E-state index is 3.78. The SMILES string of the molecule is Cc1ccc(CNC2CCC3(CCCCC3)CC2)cc1. The van der Waals surface area contributed by atoms with Crippen molar-refractivity contribution in [3.8, 4) is 0 Å². The van der Waals surface area contributed by atoms with Crippen molar-refractivity contribution in [1.82, 2.24) is 5.32 Å². The fourth-order valence-corrected chi connectivity index (χ4v) is 4.20. The molecule has 2 saturated carbocycles. The zero-order valence-electron chi connectivity index (χ0n) is 13.0. The highest BCUT2D eigenvalue weighted by molar-refractivity contribution is 5.21. The number of hydrogen-bond donors (Lipinski definition) is 1. The van der Waals surface area contributed by atoms with Gasteiger partial charge in [0, 0.05) is 12.6 Å². The second kappa shape index (κ2) is 6.30. The van der Waals surface area contributed by atoms with E-state index in [1.54, 1.807) is 0 Å². The van der Waals surface area contributed by atoms with Crippen LogP contribution in [0.15, 0.2) is 24.3 Å². The summed E-state index contributed by atoms with van der Waals surface area (Å²) in [5.41, 5.74) is 3.53. The van der Waals surface area contributed by atoms with E-state index in [1.807, 2.05) is 0 Å². The van der Waals surface area contributed by atoms with E-state index in [-0.39, 0.29) is 0 Å². The molecule has 2 aliphatic rings. The summed E-state index contributed by atoms with van der Waals surface area (Å²) in [5.74, 6) is 0. The van der Waals surface area contributed by atoms with E-state index in [1.165, 1.54) is 68.9 Å². The molecule has 0 unspecified atom stereocenters. The number of aryl methyl sites for hydroxylation is 1. The Morgan fingerprint density at radius 3 is 2.25 bits per heavy atom. The molecule has 0 heterocycles. The third-order valence-electron chi connectivity index (χ3n) is 5.68. The van der Waals surface area contributed by atoms with Gasteiger partial charge in [0.15, 0.2) is 0 Å². The van der Waals surface area contributed by atoms with Crippen LogP contribution in [0.1, 0.15) is 68.9 Å². The van der Waals surface area contributed by atoms with E-state index < -0.39 is 0 Å². The molecule has 1 spiro atoms. The minimum atomic E-state index is 0.750. The Balaban J connectivity index is 1.45. The fraction of sp³-hybridized carbons (Fsp3) is 0.684. The molecule has 0 saturated heterocycles. The van der Waals surface area contributed by atoms with E-state index in [4.69, 9.17) is 0 Å². The van der Waals surface area contributed by atoms with Gasteiger partial charge in [-0.3, -0.25) is 0 Å². The molecule has 0 amide bonds. The predicted octanol–water partition coefficient (Wildman–Crippen LogP) is 4.98. The summed E-state index contributed by atoms with van der Waals surface area (Å²) in [7, 11) is 0. The minimum Gasteiger partial charge on any atom is -0.310 e. The Labute approximate surface area is 124 Å². The Morgan fingerprint density at radius 2 is 1.60 bits per heavy atom. The van der Waals surface area contributed by atoms with Crippen LogP contribution in [0.3, 0.4) is 0 Å². The van der Waals surface area contributed by atoms with Crippen molar-refractivity contribution in [3.63, 3.8) is 0 Å². The summed E-state index contributed by atoms with van der Waals surface area (Å²) < 4.78 is 0. The maximum Gasteiger partial charge on any atom is 0.0208 e. The summed E-state index contributed by atoms with van der Waals surface area (Å²) in [6.45, 7) is 3.19. The Morgan fingerprint density at radius 1 is 0.950 bits per heavy atom. The van der Waals surface area contributed by atoms with Gasteiger partial charge in [0.1, 0.15) is 0 Å². The largest absolute Gasteiger partial charge is 0.310 e. The van der Waals surface area contributed by atoms with Crippen LogP contribution in [0.2, 0.25) is 0 Å². The summed E-state index contributed by atoms with van der Waals surface area (Å²) in [6, 6.07) is 9.70. The molecule has 1 aromatic rings. The van der Waals surface area contributed by atoms with Crippen LogP contribution in [0.25, 0.3) is 0 Å². The molecule has 0 bridgehead atoms. The Hall–Kier alpha value is -0.820. The lowest BCUT2D eigenvalue weighted by Crippen LogP contribution is -2.38. The van der Waals surface area contributed by atoms with E-state index in [9.17, 15) is 0 Å². The summed E-state index contributed by atoms with van der Waals surface area (Å²) in [6.07, 6.45) is 13.2. The molecule has 0 radical (unpaired) electrons. The van der Waals surface area contributed by atoms with E-state index in [0.29, 0.717) is 0 Å². The predicted molar refractivity (Wildman–Crippen MR) is 85.8 cm³/mol.